The third kappa shape index (κ3) is 3.61. The molecule has 0 radical (unpaired) electrons. The molecule has 17 heavy (non-hydrogen) atoms. The highest BCUT2D eigenvalue weighted by Crippen LogP contribution is 2.17. The maximum Gasteiger partial charge on any atom is 0.295 e. The average molecular weight is 255 g/mol. The maximum absolute atomic E-state index is 5.51. The van der Waals surface area contributed by atoms with Gasteiger partial charge in [-0.3, -0.25) is 0 Å². The molecule has 5 heteroatoms. The van der Waals surface area contributed by atoms with Gasteiger partial charge in [-0.25, -0.2) is 0 Å². The van der Waals surface area contributed by atoms with Crippen molar-refractivity contribution in [3.05, 3.63) is 24.3 Å². The number of nitrogens with zero attached hydrogens (tertiary/aromatic N) is 1. The number of ether oxygens (including phenoxy) is 1. The lowest BCUT2D eigenvalue weighted by atomic mass is 10.3. The summed E-state index contributed by atoms with van der Waals surface area (Å²) in [5.41, 5.74) is 1.67. The summed E-state index contributed by atoms with van der Waals surface area (Å²) in [6.45, 7) is 2.07. The smallest absolute Gasteiger partial charge is 0.295 e. The molecule has 0 fully saturated rings. The summed E-state index contributed by atoms with van der Waals surface area (Å²) < 4.78 is 10.8. The molecule has 2 aromatic rings. The van der Waals surface area contributed by atoms with Crippen LogP contribution in [0.15, 0.2) is 28.7 Å². The van der Waals surface area contributed by atoms with Crippen molar-refractivity contribution in [3.8, 4) is 0 Å². The zero-order valence-electron chi connectivity index (χ0n) is 9.49. The Morgan fingerprint density at radius 1 is 1.29 bits per heavy atom. The second-order valence-electron chi connectivity index (χ2n) is 3.57. The predicted molar refractivity (Wildman–Crippen MR) is 68.7 cm³/mol. The van der Waals surface area contributed by atoms with Crippen LogP contribution < -0.4 is 5.32 Å². The molecule has 0 aliphatic carbocycles. The van der Waals surface area contributed by atoms with Crippen LogP contribution in [0.2, 0.25) is 0 Å². The van der Waals surface area contributed by atoms with Gasteiger partial charge in [0.1, 0.15) is 5.52 Å². The van der Waals surface area contributed by atoms with Gasteiger partial charge < -0.3 is 14.5 Å². The number of oxazole rings is 1. The fourth-order valence-corrected chi connectivity index (χ4v) is 1.58. The first kappa shape index (κ1) is 12.2. The number of para-hydroxylation sites is 2. The minimum Gasteiger partial charge on any atom is -0.424 e. The average Bonchev–Trinajstić information content (AvgIpc) is 2.76. The number of alkyl halides is 1. The molecule has 2 rings (SSSR count). The molecule has 0 saturated carbocycles. The Balaban J connectivity index is 1.75. The van der Waals surface area contributed by atoms with E-state index in [1.54, 1.807) is 0 Å². The third-order valence-electron chi connectivity index (χ3n) is 2.26. The van der Waals surface area contributed by atoms with Crippen molar-refractivity contribution < 1.29 is 9.15 Å². The monoisotopic (exact) mass is 254 g/mol. The minimum atomic E-state index is 0.540. The number of halogens is 1. The number of hydrogen-bond acceptors (Lipinski definition) is 4. The molecule has 0 aliphatic rings. The zero-order valence-corrected chi connectivity index (χ0v) is 10.2. The van der Waals surface area contributed by atoms with E-state index in [9.17, 15) is 0 Å². The van der Waals surface area contributed by atoms with Crippen molar-refractivity contribution in [2.45, 2.75) is 6.42 Å². The summed E-state index contributed by atoms with van der Waals surface area (Å²) in [4.78, 5) is 4.31. The predicted octanol–water partition coefficient (Wildman–Crippen LogP) is 2.89. The van der Waals surface area contributed by atoms with Crippen LogP contribution >= 0.6 is 11.6 Å². The van der Waals surface area contributed by atoms with E-state index >= 15 is 0 Å². The van der Waals surface area contributed by atoms with Crippen molar-refractivity contribution in [2.24, 2.45) is 0 Å². The lowest BCUT2D eigenvalue weighted by Crippen LogP contribution is -2.06. The number of benzene rings is 1. The Kier molecular flexibility index (Phi) is 4.64. The molecule has 1 aromatic heterocycles. The van der Waals surface area contributed by atoms with Crippen LogP contribution in [0, 0.1) is 0 Å². The van der Waals surface area contributed by atoms with Crippen molar-refractivity contribution in [3.63, 3.8) is 0 Å². The van der Waals surface area contributed by atoms with Crippen molar-refractivity contribution in [1.29, 1.82) is 0 Å². The van der Waals surface area contributed by atoms with Gasteiger partial charge in [-0.05, 0) is 18.6 Å². The molecule has 0 bridgehead atoms. The quantitative estimate of drug-likeness (QED) is 0.610. The van der Waals surface area contributed by atoms with Crippen molar-refractivity contribution in [1.82, 2.24) is 4.98 Å². The summed E-state index contributed by atoms with van der Waals surface area (Å²) in [7, 11) is 0. The van der Waals surface area contributed by atoms with Crippen LogP contribution in [0.5, 0.6) is 0 Å². The Morgan fingerprint density at radius 2 is 2.18 bits per heavy atom. The molecule has 4 nitrogen and oxygen atoms in total. The van der Waals surface area contributed by atoms with Crippen LogP contribution in [0.3, 0.4) is 0 Å². The summed E-state index contributed by atoms with van der Waals surface area (Å²) in [5.74, 6) is 0.540. The highest BCUT2D eigenvalue weighted by molar-refractivity contribution is 6.17. The molecule has 0 unspecified atom stereocenters. The Bertz CT molecular complexity index is 425. The lowest BCUT2D eigenvalue weighted by Gasteiger charge is -2.02. The normalized spacial score (nSPS) is 10.9. The van der Waals surface area contributed by atoms with Gasteiger partial charge in [-0.2, -0.15) is 4.98 Å². The standard InChI is InChI=1S/C12H15ClN2O2/c13-6-9-16-8-3-7-14-12-15-10-4-1-2-5-11(10)17-12/h1-2,4-5H,3,6-9H2,(H,14,15). The summed E-state index contributed by atoms with van der Waals surface area (Å²) in [5, 5.41) is 3.12. The Labute approximate surface area is 105 Å². The van der Waals surface area contributed by atoms with E-state index in [1.165, 1.54) is 0 Å². The van der Waals surface area contributed by atoms with E-state index in [-0.39, 0.29) is 0 Å². The largest absolute Gasteiger partial charge is 0.424 e. The molecular formula is C12H15ClN2O2. The molecule has 1 N–H and O–H groups in total. The number of nitrogens with one attached hydrogen (secondary N) is 1. The van der Waals surface area contributed by atoms with E-state index in [2.05, 4.69) is 10.3 Å². The van der Waals surface area contributed by atoms with Crippen molar-refractivity contribution in [2.75, 3.05) is 31.0 Å². The van der Waals surface area contributed by atoms with Gasteiger partial charge in [0, 0.05) is 19.0 Å². The first-order valence-corrected chi connectivity index (χ1v) is 6.17. The second-order valence-corrected chi connectivity index (χ2v) is 3.95. The highest BCUT2D eigenvalue weighted by Gasteiger charge is 2.02. The summed E-state index contributed by atoms with van der Waals surface area (Å²) >= 11 is 5.49. The van der Waals surface area contributed by atoms with Gasteiger partial charge >= 0.3 is 0 Å². The Hall–Kier alpha value is -1.26. The summed E-state index contributed by atoms with van der Waals surface area (Å²) in [6.07, 6.45) is 0.898. The van der Waals surface area contributed by atoms with E-state index < -0.39 is 0 Å². The highest BCUT2D eigenvalue weighted by atomic mass is 35.5. The zero-order chi connectivity index (χ0) is 11.9. The fraction of sp³-hybridized carbons (Fsp3) is 0.417. The lowest BCUT2D eigenvalue weighted by molar-refractivity contribution is 0.149. The third-order valence-corrected chi connectivity index (χ3v) is 2.41. The van der Waals surface area contributed by atoms with Crippen molar-refractivity contribution >= 4 is 28.7 Å². The van der Waals surface area contributed by atoms with Gasteiger partial charge in [0.05, 0.1) is 6.61 Å². The number of hydrogen-bond donors (Lipinski definition) is 1. The maximum atomic E-state index is 5.51. The van der Waals surface area contributed by atoms with Crippen LogP contribution in [0.4, 0.5) is 6.01 Å². The molecule has 1 aromatic carbocycles. The van der Waals surface area contributed by atoms with Gasteiger partial charge in [0.15, 0.2) is 5.58 Å². The molecule has 0 amide bonds. The second kappa shape index (κ2) is 6.47. The van der Waals surface area contributed by atoms with Crippen LogP contribution in [0.1, 0.15) is 6.42 Å². The van der Waals surface area contributed by atoms with Crippen LogP contribution in [0.25, 0.3) is 11.1 Å². The van der Waals surface area contributed by atoms with Crippen LogP contribution in [-0.2, 0) is 4.74 Å². The van der Waals surface area contributed by atoms with E-state index in [4.69, 9.17) is 20.8 Å². The van der Waals surface area contributed by atoms with E-state index in [1.807, 2.05) is 24.3 Å². The summed E-state index contributed by atoms with van der Waals surface area (Å²) in [6, 6.07) is 8.25. The SMILES string of the molecule is ClCCOCCCNc1nc2ccccc2o1. The molecular weight excluding hydrogens is 240 g/mol. The first-order valence-electron chi connectivity index (χ1n) is 5.63. The number of fused-ring (bicyclic) bond motifs is 1. The number of aromatic nitrogens is 1. The van der Waals surface area contributed by atoms with Gasteiger partial charge in [-0.15, -0.1) is 11.6 Å². The molecule has 0 atom stereocenters. The molecule has 0 aliphatic heterocycles. The molecule has 0 spiro atoms. The molecule has 92 valence electrons. The van der Waals surface area contributed by atoms with Crippen LogP contribution in [-0.4, -0.2) is 30.6 Å². The number of anilines is 1. The van der Waals surface area contributed by atoms with Gasteiger partial charge in [-0.1, -0.05) is 12.1 Å². The van der Waals surface area contributed by atoms with Gasteiger partial charge in [0.25, 0.3) is 6.01 Å². The fourth-order valence-electron chi connectivity index (χ4n) is 1.47. The topological polar surface area (TPSA) is 47.3 Å². The van der Waals surface area contributed by atoms with E-state index in [0.29, 0.717) is 25.1 Å². The minimum absolute atomic E-state index is 0.540. The number of rotatable bonds is 7. The first-order chi connectivity index (χ1) is 8.40. The van der Waals surface area contributed by atoms with E-state index in [0.717, 1.165) is 24.1 Å². The molecule has 1 heterocycles. The van der Waals surface area contributed by atoms with Gasteiger partial charge in [0.2, 0.25) is 0 Å². The molecule has 0 saturated heterocycles. The Morgan fingerprint density at radius 3 is 3.00 bits per heavy atom.